The molecule has 1 aliphatic carbocycles. The Morgan fingerprint density at radius 3 is 1.80 bits per heavy atom. The van der Waals surface area contributed by atoms with Crippen LogP contribution in [0.5, 0.6) is 11.5 Å². The fraction of sp³-hybridized carbons (Fsp3) is 0.154. The van der Waals surface area contributed by atoms with E-state index in [-0.39, 0.29) is 89.2 Å². The third-order valence-electron chi connectivity index (χ3n) is 17.5. The molecule has 16 rings (SSSR count). The predicted molar refractivity (Wildman–Crippen MR) is 345 cm³/mol. The van der Waals surface area contributed by atoms with Crippen molar-refractivity contribution in [1.82, 2.24) is 18.7 Å². The summed E-state index contributed by atoms with van der Waals surface area (Å²) in [7, 11) is 0. The minimum absolute atomic E-state index is 0. The van der Waals surface area contributed by atoms with Crippen molar-refractivity contribution in [2.75, 3.05) is 0 Å². The number of fused-ring (bicyclic) bond motifs is 14. The SMILES string of the molecule is [2H]c1c([2H])c([2H])c2c(c1[2H])-c1cc(-n3c4ccccc4c4ccccc43)cc(-c3c([2H])c([2H])c4c(c3[2H])C(C)(C)CCC4(C)C)c1-[n+]1cn(-c3[c-]c(Oc4[c-]c5c(cc4)c4ccccc4n5-c4cc(C(C)(C)C)ccn4)ccc3)c3cccc(c31)-c1c([2H])c([2H])c([2H])c([2H])c1-2.[Pt]. The number of hydrogen-bond donors (Lipinski definition) is 0. The van der Waals surface area contributed by atoms with E-state index >= 15 is 0 Å². The molecule has 0 atom stereocenters. The third-order valence-corrected chi connectivity index (χ3v) is 17.5. The topological polar surface area (TPSA) is 40.8 Å². The van der Waals surface area contributed by atoms with E-state index in [0.717, 1.165) is 61.4 Å². The standard InChI is InChI=1S/C78H62N5O.Pt/c1-76(2,3)50-38-41-79-73(43-50)83-70-32-17-14-28-61(70)62-36-35-54(47-72(62)83)84-53-21-18-20-51(44-53)80-48-81-74-64(49-34-37-66-67(42-49)78(6,7)40-39-77(66,4)5)45-52(82-68-30-15-12-26-59(68)60-27-13-16-31-69(60)82)46-65(74)58-25-11-9-23-56(58)55-22-8-10-24-57(55)63-29-19-33-71(80)75(63)81;/h8-38,41-43,45-46,48H,39-40H2,1-7H3;/q-1;/i8D,9D,10D,11D,22D,23D,24D,25D,34D,37D,42D;. The zero-order valence-corrected chi connectivity index (χ0v) is 50.2. The molecule has 14 aromatic rings. The van der Waals surface area contributed by atoms with Crippen molar-refractivity contribution in [3.8, 4) is 78.9 Å². The molecule has 5 heterocycles. The molecule has 1 aliphatic heterocycles. The van der Waals surface area contributed by atoms with E-state index < -0.39 is 59.2 Å². The van der Waals surface area contributed by atoms with Gasteiger partial charge in [0, 0.05) is 83.1 Å². The van der Waals surface area contributed by atoms with Crippen LogP contribution in [0.4, 0.5) is 0 Å². The monoisotopic (exact) mass is 1290 g/mol. The van der Waals surface area contributed by atoms with Gasteiger partial charge in [-0.2, -0.15) is 16.7 Å². The van der Waals surface area contributed by atoms with Gasteiger partial charge in [-0.05, 0) is 134 Å². The quantitative estimate of drug-likeness (QED) is 0.123. The van der Waals surface area contributed by atoms with Gasteiger partial charge in [0.2, 0.25) is 0 Å². The Labute approximate surface area is 526 Å². The van der Waals surface area contributed by atoms with Gasteiger partial charge in [-0.3, -0.25) is 0 Å². The summed E-state index contributed by atoms with van der Waals surface area (Å²) in [5.41, 5.74) is 7.10. The Balaban J connectivity index is 0.00000756. The van der Waals surface area contributed by atoms with Crippen LogP contribution >= 0.6 is 0 Å². The van der Waals surface area contributed by atoms with Crippen LogP contribution < -0.4 is 9.30 Å². The van der Waals surface area contributed by atoms with Crippen LogP contribution in [0.25, 0.3) is 122 Å². The summed E-state index contributed by atoms with van der Waals surface area (Å²) < 4.78 is 124. The van der Waals surface area contributed by atoms with E-state index in [2.05, 4.69) is 87.9 Å². The van der Waals surface area contributed by atoms with E-state index in [1.165, 1.54) is 0 Å². The number of rotatable bonds is 6. The van der Waals surface area contributed by atoms with Crippen LogP contribution in [0.1, 0.15) is 93.1 Å². The van der Waals surface area contributed by atoms with E-state index in [1.54, 1.807) is 18.2 Å². The van der Waals surface area contributed by atoms with E-state index in [9.17, 15) is 15.1 Å². The van der Waals surface area contributed by atoms with Gasteiger partial charge in [0.15, 0.2) is 11.0 Å². The zero-order valence-electron chi connectivity index (χ0n) is 58.9. The molecule has 10 aromatic carbocycles. The molecule has 0 spiro atoms. The Morgan fingerprint density at radius 2 is 1.12 bits per heavy atom. The summed E-state index contributed by atoms with van der Waals surface area (Å²) in [6, 6.07) is 49.6. The van der Waals surface area contributed by atoms with Gasteiger partial charge in [-0.15, -0.1) is 29.7 Å². The molecule has 416 valence electrons. The Hall–Kier alpha value is -9.09. The summed E-state index contributed by atoms with van der Waals surface area (Å²) in [6.07, 6.45) is 5.08. The van der Waals surface area contributed by atoms with Gasteiger partial charge in [-0.25, -0.2) is 9.55 Å². The summed E-state index contributed by atoms with van der Waals surface area (Å²) in [6.45, 7) is 14.8. The maximum absolute atomic E-state index is 10.7. The van der Waals surface area contributed by atoms with Crippen LogP contribution in [0.3, 0.4) is 0 Å². The second-order valence-corrected chi connectivity index (χ2v) is 24.6. The summed E-state index contributed by atoms with van der Waals surface area (Å²) in [4.78, 5) is 4.88. The molecule has 4 aromatic heterocycles. The zero-order chi connectivity index (χ0) is 66.4. The van der Waals surface area contributed by atoms with Gasteiger partial charge >= 0.3 is 0 Å². The largest absolute Gasteiger partial charge is 0.509 e. The first-order valence-corrected chi connectivity index (χ1v) is 28.6. The van der Waals surface area contributed by atoms with E-state index in [0.29, 0.717) is 57.0 Å². The van der Waals surface area contributed by atoms with Crippen molar-refractivity contribution in [2.24, 2.45) is 0 Å². The molecule has 2 aliphatic rings. The van der Waals surface area contributed by atoms with Gasteiger partial charge < -0.3 is 13.9 Å². The summed E-state index contributed by atoms with van der Waals surface area (Å²) in [5, 5.41) is 3.85. The van der Waals surface area contributed by atoms with Crippen molar-refractivity contribution in [3.63, 3.8) is 0 Å². The number of hydrogen-bond acceptors (Lipinski definition) is 2. The maximum atomic E-state index is 10.7. The second kappa shape index (κ2) is 19.5. The minimum Gasteiger partial charge on any atom is -0.509 e. The number of para-hydroxylation sites is 4. The van der Waals surface area contributed by atoms with Crippen molar-refractivity contribution >= 4 is 54.6 Å². The number of imidazole rings is 1. The molecule has 0 radical (unpaired) electrons. The molecule has 0 amide bonds. The molecular formula is C78H62N5OPt-. The smallest absolute Gasteiger partial charge is 0.253 e. The average molecular weight is 1290 g/mol. The van der Waals surface area contributed by atoms with Gasteiger partial charge in [0.1, 0.15) is 11.5 Å². The van der Waals surface area contributed by atoms with Crippen molar-refractivity contribution in [2.45, 2.75) is 77.6 Å². The molecule has 85 heavy (non-hydrogen) atoms. The van der Waals surface area contributed by atoms with Crippen LogP contribution in [-0.4, -0.2) is 18.7 Å². The molecule has 0 unspecified atom stereocenters. The summed E-state index contributed by atoms with van der Waals surface area (Å²) in [5.74, 6) is 1.48. The van der Waals surface area contributed by atoms with Crippen molar-refractivity contribution in [1.29, 1.82) is 0 Å². The first kappa shape index (κ1) is 41.8. The normalized spacial score (nSPS) is 15.9. The number of pyridine rings is 1. The molecule has 0 fully saturated rings. The Kier molecular flexibility index (Phi) is 9.59. The molecular weight excluding hydrogens is 1220 g/mol. The molecule has 0 bridgehead atoms. The molecule has 6 nitrogen and oxygen atoms in total. The average Bonchev–Trinajstić information content (AvgIpc) is 1.38. The Morgan fingerprint density at radius 1 is 0.541 bits per heavy atom. The van der Waals surface area contributed by atoms with E-state index in [4.69, 9.17) is 9.72 Å². The minimum atomic E-state index is -0.628. The fourth-order valence-electron chi connectivity index (χ4n) is 13.1. The van der Waals surface area contributed by atoms with Crippen molar-refractivity contribution in [3.05, 3.63) is 253 Å². The molecule has 0 saturated carbocycles. The second-order valence-electron chi connectivity index (χ2n) is 24.6. The van der Waals surface area contributed by atoms with Crippen molar-refractivity contribution < 1.29 is 45.4 Å². The molecule has 7 heteroatoms. The number of benzene rings is 10. The van der Waals surface area contributed by atoms with Gasteiger partial charge in [-0.1, -0.05) is 187 Å². The Bertz CT molecular complexity index is 5690. The maximum Gasteiger partial charge on any atom is 0.253 e. The predicted octanol–water partition coefficient (Wildman–Crippen LogP) is 19.5. The first-order chi connectivity index (χ1) is 45.4. The van der Waals surface area contributed by atoms with Crippen LogP contribution in [0, 0.1) is 12.1 Å². The van der Waals surface area contributed by atoms with Crippen LogP contribution in [0.2, 0.25) is 0 Å². The number of ether oxygens (including phenoxy) is 1. The molecule has 0 N–H and O–H groups in total. The van der Waals surface area contributed by atoms with Gasteiger partial charge in [0.05, 0.1) is 26.1 Å². The number of nitrogens with zero attached hydrogens (tertiary/aromatic N) is 5. The van der Waals surface area contributed by atoms with Crippen LogP contribution in [-0.2, 0) is 37.3 Å². The fourth-order valence-corrected chi connectivity index (χ4v) is 13.1. The third kappa shape index (κ3) is 8.31. The van der Waals surface area contributed by atoms with E-state index in [1.807, 2.05) is 131 Å². The summed E-state index contributed by atoms with van der Waals surface area (Å²) >= 11 is 0. The first-order valence-electron chi connectivity index (χ1n) is 34.1. The van der Waals surface area contributed by atoms with Gasteiger partial charge in [0.25, 0.3) is 6.33 Å². The molecule has 0 saturated heterocycles. The van der Waals surface area contributed by atoms with Crippen LogP contribution in [0.15, 0.2) is 225 Å². The number of aromatic nitrogens is 5.